The van der Waals surface area contributed by atoms with Gasteiger partial charge in [0.1, 0.15) is 0 Å². The highest BCUT2D eigenvalue weighted by molar-refractivity contribution is 7.13. The number of thiazole rings is 1. The molecule has 1 unspecified atom stereocenters. The molecule has 2 rings (SSSR count). The molecule has 1 aromatic rings. The lowest BCUT2D eigenvalue weighted by molar-refractivity contribution is -0.117. The van der Waals surface area contributed by atoms with Crippen molar-refractivity contribution in [2.45, 2.75) is 57.9 Å². The van der Waals surface area contributed by atoms with Crippen molar-refractivity contribution in [3.05, 3.63) is 11.1 Å². The van der Waals surface area contributed by atoms with E-state index in [-0.39, 0.29) is 11.9 Å². The van der Waals surface area contributed by atoms with Gasteiger partial charge in [-0.1, -0.05) is 25.7 Å². The number of rotatable bonds is 5. The molecule has 0 aliphatic heterocycles. The Morgan fingerprint density at radius 3 is 2.75 bits per heavy atom. The van der Waals surface area contributed by atoms with Crippen molar-refractivity contribution in [2.24, 2.45) is 5.92 Å². The second kappa shape index (κ2) is 7.74. The number of carbonyl (C=O) groups excluding carboxylic acids is 1. The van der Waals surface area contributed by atoms with Gasteiger partial charge in [0.15, 0.2) is 5.13 Å². The van der Waals surface area contributed by atoms with Gasteiger partial charge >= 0.3 is 0 Å². The summed E-state index contributed by atoms with van der Waals surface area (Å²) >= 11 is 1.50. The number of amides is 1. The molecule has 0 spiro atoms. The molecule has 20 heavy (non-hydrogen) atoms. The molecular formula is C15H25N3OS. The van der Waals surface area contributed by atoms with Crippen LogP contribution in [0.15, 0.2) is 5.38 Å². The minimum absolute atomic E-state index is 0.120. The number of hydrogen-bond donors (Lipinski definition) is 2. The molecule has 2 N–H and O–H groups in total. The van der Waals surface area contributed by atoms with Crippen LogP contribution < -0.4 is 10.6 Å². The first-order valence-electron chi connectivity index (χ1n) is 7.61. The molecule has 0 radical (unpaired) electrons. The standard InChI is InChI=1S/C15H25N3OS/c1-11(16-2)13-10-20-15(17-13)18-14(19)9-12-7-5-3-4-6-8-12/h10-12,16H,3-9H2,1-2H3,(H,17,18,19). The van der Waals surface area contributed by atoms with Crippen molar-refractivity contribution in [3.63, 3.8) is 0 Å². The lowest BCUT2D eigenvalue weighted by atomic mass is 9.96. The molecule has 0 bridgehead atoms. The lowest BCUT2D eigenvalue weighted by Gasteiger charge is -2.12. The highest BCUT2D eigenvalue weighted by Gasteiger charge is 2.17. The summed E-state index contributed by atoms with van der Waals surface area (Å²) in [6, 6.07) is 0.221. The summed E-state index contributed by atoms with van der Waals surface area (Å²) in [7, 11) is 1.91. The van der Waals surface area contributed by atoms with E-state index in [0.29, 0.717) is 12.3 Å². The summed E-state index contributed by atoms with van der Waals surface area (Å²) in [6.45, 7) is 2.06. The zero-order valence-electron chi connectivity index (χ0n) is 12.4. The molecule has 5 heteroatoms. The van der Waals surface area contributed by atoms with E-state index >= 15 is 0 Å². The van der Waals surface area contributed by atoms with Crippen LogP contribution >= 0.6 is 11.3 Å². The molecule has 1 fully saturated rings. The number of anilines is 1. The van der Waals surface area contributed by atoms with Gasteiger partial charge in [0.2, 0.25) is 5.91 Å². The molecule has 1 saturated carbocycles. The number of aromatic nitrogens is 1. The minimum atomic E-state index is 0.120. The molecule has 4 nitrogen and oxygen atoms in total. The fourth-order valence-electron chi connectivity index (χ4n) is 2.69. The molecule has 1 heterocycles. The van der Waals surface area contributed by atoms with E-state index in [1.807, 2.05) is 12.4 Å². The van der Waals surface area contributed by atoms with Crippen LogP contribution in [0.3, 0.4) is 0 Å². The van der Waals surface area contributed by atoms with E-state index in [1.165, 1.54) is 49.9 Å². The molecule has 1 aliphatic rings. The van der Waals surface area contributed by atoms with Gasteiger partial charge in [0, 0.05) is 17.8 Å². The predicted molar refractivity (Wildman–Crippen MR) is 84.0 cm³/mol. The molecular weight excluding hydrogens is 270 g/mol. The Morgan fingerprint density at radius 1 is 1.40 bits per heavy atom. The summed E-state index contributed by atoms with van der Waals surface area (Å²) in [5, 5.41) is 8.83. The van der Waals surface area contributed by atoms with Crippen LogP contribution in [0.5, 0.6) is 0 Å². The Bertz CT molecular complexity index is 425. The molecule has 1 aromatic heterocycles. The molecule has 1 aliphatic carbocycles. The molecule has 112 valence electrons. The van der Waals surface area contributed by atoms with Gasteiger partial charge in [-0.15, -0.1) is 11.3 Å². The fourth-order valence-corrected chi connectivity index (χ4v) is 3.51. The first-order chi connectivity index (χ1) is 9.69. The predicted octanol–water partition coefficient (Wildman–Crippen LogP) is 3.72. The van der Waals surface area contributed by atoms with E-state index in [9.17, 15) is 4.79 Å². The molecule has 1 amide bonds. The monoisotopic (exact) mass is 295 g/mol. The van der Waals surface area contributed by atoms with Crippen LogP contribution in [-0.4, -0.2) is 17.9 Å². The van der Waals surface area contributed by atoms with Crippen molar-refractivity contribution in [3.8, 4) is 0 Å². The summed E-state index contributed by atoms with van der Waals surface area (Å²) in [4.78, 5) is 16.5. The third-order valence-electron chi connectivity index (χ3n) is 4.09. The van der Waals surface area contributed by atoms with Gasteiger partial charge in [-0.3, -0.25) is 4.79 Å². The van der Waals surface area contributed by atoms with Gasteiger partial charge in [-0.05, 0) is 32.7 Å². The minimum Gasteiger partial charge on any atom is -0.312 e. The Kier molecular flexibility index (Phi) is 5.98. The third-order valence-corrected chi connectivity index (χ3v) is 4.87. The van der Waals surface area contributed by atoms with Gasteiger partial charge in [0.05, 0.1) is 5.69 Å². The SMILES string of the molecule is CNC(C)c1csc(NC(=O)CC2CCCCCC2)n1. The van der Waals surface area contributed by atoms with Gasteiger partial charge < -0.3 is 10.6 Å². The van der Waals surface area contributed by atoms with E-state index < -0.39 is 0 Å². The van der Waals surface area contributed by atoms with Crippen molar-refractivity contribution in [2.75, 3.05) is 12.4 Å². The average molecular weight is 295 g/mol. The van der Waals surface area contributed by atoms with Crippen LogP contribution in [-0.2, 0) is 4.79 Å². The van der Waals surface area contributed by atoms with Gasteiger partial charge in [0.25, 0.3) is 0 Å². The van der Waals surface area contributed by atoms with Crippen LogP contribution in [0.2, 0.25) is 0 Å². The van der Waals surface area contributed by atoms with E-state index in [4.69, 9.17) is 0 Å². The van der Waals surface area contributed by atoms with Gasteiger partial charge in [-0.25, -0.2) is 4.98 Å². The third kappa shape index (κ3) is 4.56. The first kappa shape index (κ1) is 15.4. The average Bonchev–Trinajstić information content (AvgIpc) is 2.74. The Balaban J connectivity index is 1.82. The van der Waals surface area contributed by atoms with Crippen molar-refractivity contribution < 1.29 is 4.79 Å². The Morgan fingerprint density at radius 2 is 2.10 bits per heavy atom. The summed E-state index contributed by atoms with van der Waals surface area (Å²) in [5.41, 5.74) is 0.988. The summed E-state index contributed by atoms with van der Waals surface area (Å²) in [5.74, 6) is 0.683. The fraction of sp³-hybridized carbons (Fsp3) is 0.733. The highest BCUT2D eigenvalue weighted by Crippen LogP contribution is 2.26. The number of hydrogen-bond acceptors (Lipinski definition) is 4. The Labute approximate surface area is 125 Å². The van der Waals surface area contributed by atoms with E-state index in [2.05, 4.69) is 22.5 Å². The number of nitrogens with zero attached hydrogens (tertiary/aromatic N) is 1. The summed E-state index contributed by atoms with van der Waals surface area (Å²) in [6.07, 6.45) is 8.26. The molecule has 1 atom stereocenters. The topological polar surface area (TPSA) is 54.0 Å². The van der Waals surface area contributed by atoms with Crippen molar-refractivity contribution in [1.82, 2.24) is 10.3 Å². The Hall–Kier alpha value is -0.940. The number of carbonyl (C=O) groups is 1. The largest absolute Gasteiger partial charge is 0.312 e. The normalized spacial score (nSPS) is 18.5. The van der Waals surface area contributed by atoms with Crippen LogP contribution in [0, 0.1) is 5.92 Å². The van der Waals surface area contributed by atoms with Gasteiger partial charge in [-0.2, -0.15) is 0 Å². The quantitative estimate of drug-likeness (QED) is 0.814. The highest BCUT2D eigenvalue weighted by atomic mass is 32.1. The molecule has 0 aromatic carbocycles. The second-order valence-electron chi connectivity index (χ2n) is 5.70. The first-order valence-corrected chi connectivity index (χ1v) is 8.49. The van der Waals surface area contributed by atoms with Crippen LogP contribution in [0.25, 0.3) is 0 Å². The van der Waals surface area contributed by atoms with Crippen molar-refractivity contribution in [1.29, 1.82) is 0 Å². The zero-order chi connectivity index (χ0) is 14.4. The number of nitrogens with one attached hydrogen (secondary N) is 2. The van der Waals surface area contributed by atoms with Crippen LogP contribution in [0.4, 0.5) is 5.13 Å². The maximum atomic E-state index is 12.1. The lowest BCUT2D eigenvalue weighted by Crippen LogP contribution is -2.17. The zero-order valence-corrected chi connectivity index (χ0v) is 13.3. The smallest absolute Gasteiger partial charge is 0.226 e. The second-order valence-corrected chi connectivity index (χ2v) is 6.56. The summed E-state index contributed by atoms with van der Waals surface area (Å²) < 4.78 is 0. The van der Waals surface area contributed by atoms with E-state index in [0.717, 1.165) is 10.8 Å². The van der Waals surface area contributed by atoms with Crippen molar-refractivity contribution >= 4 is 22.4 Å². The maximum absolute atomic E-state index is 12.1. The van der Waals surface area contributed by atoms with Crippen LogP contribution in [0.1, 0.15) is 63.6 Å². The van der Waals surface area contributed by atoms with E-state index in [1.54, 1.807) is 0 Å². The maximum Gasteiger partial charge on any atom is 0.226 e. The molecule has 0 saturated heterocycles.